The molecule has 0 fully saturated rings. The molecule has 0 N–H and O–H groups in total. The van der Waals surface area contributed by atoms with E-state index >= 15 is 0 Å². The average Bonchev–Trinajstić information content (AvgIpc) is 2.33. The molecule has 1 aliphatic heterocycles. The molecular formula is C14H11BrO2. The Morgan fingerprint density at radius 1 is 1.29 bits per heavy atom. The van der Waals surface area contributed by atoms with E-state index in [1.165, 1.54) is 0 Å². The van der Waals surface area contributed by atoms with Gasteiger partial charge >= 0.3 is 0 Å². The highest BCUT2D eigenvalue weighted by atomic mass is 79.9. The summed E-state index contributed by atoms with van der Waals surface area (Å²) >= 11 is 3.44. The highest BCUT2D eigenvalue weighted by Gasteiger charge is 2.27. The maximum atomic E-state index is 12.2. The lowest BCUT2D eigenvalue weighted by atomic mass is 9.92. The van der Waals surface area contributed by atoms with Gasteiger partial charge in [0.25, 0.3) is 0 Å². The van der Waals surface area contributed by atoms with Crippen molar-refractivity contribution in [2.24, 2.45) is 5.92 Å². The molecule has 3 rings (SSSR count). The minimum Gasteiger partial charge on any atom is -0.492 e. The van der Waals surface area contributed by atoms with E-state index in [1.807, 2.05) is 37.3 Å². The number of carbonyl (C=O) groups is 1. The second kappa shape index (κ2) is 3.84. The van der Waals surface area contributed by atoms with Gasteiger partial charge in [-0.2, -0.15) is 0 Å². The van der Waals surface area contributed by atoms with Gasteiger partial charge in [-0.1, -0.05) is 35.0 Å². The number of hydrogen-bond donors (Lipinski definition) is 0. The highest BCUT2D eigenvalue weighted by Crippen LogP contribution is 2.34. The van der Waals surface area contributed by atoms with Crippen molar-refractivity contribution in [2.45, 2.75) is 6.92 Å². The van der Waals surface area contributed by atoms with Crippen LogP contribution in [-0.4, -0.2) is 12.4 Å². The molecule has 2 nitrogen and oxygen atoms in total. The molecular weight excluding hydrogens is 280 g/mol. The number of hydrogen-bond acceptors (Lipinski definition) is 2. The fraction of sp³-hybridized carbons (Fsp3) is 0.214. The van der Waals surface area contributed by atoms with Crippen LogP contribution in [0.25, 0.3) is 10.8 Å². The van der Waals surface area contributed by atoms with Crippen LogP contribution in [0.1, 0.15) is 17.3 Å². The first kappa shape index (κ1) is 10.8. The zero-order valence-corrected chi connectivity index (χ0v) is 11.0. The van der Waals surface area contributed by atoms with Crippen molar-refractivity contribution in [3.63, 3.8) is 0 Å². The van der Waals surface area contributed by atoms with E-state index in [1.54, 1.807) is 0 Å². The molecule has 0 spiro atoms. The van der Waals surface area contributed by atoms with Gasteiger partial charge in [0.1, 0.15) is 5.75 Å². The monoisotopic (exact) mass is 290 g/mol. The molecule has 0 saturated heterocycles. The molecule has 17 heavy (non-hydrogen) atoms. The summed E-state index contributed by atoms with van der Waals surface area (Å²) < 4.78 is 6.63. The van der Waals surface area contributed by atoms with Crippen LogP contribution >= 0.6 is 15.9 Å². The molecule has 0 saturated carbocycles. The third kappa shape index (κ3) is 1.65. The third-order valence-corrected chi connectivity index (χ3v) is 3.62. The third-order valence-electron chi connectivity index (χ3n) is 3.13. The summed E-state index contributed by atoms with van der Waals surface area (Å²) in [6.45, 7) is 2.39. The van der Waals surface area contributed by atoms with Crippen LogP contribution in [0, 0.1) is 5.92 Å². The lowest BCUT2D eigenvalue weighted by Crippen LogP contribution is -2.25. The molecule has 2 aromatic carbocycles. The minimum absolute atomic E-state index is 0.0586. The average molecular weight is 291 g/mol. The molecule has 0 bridgehead atoms. The summed E-state index contributed by atoms with van der Waals surface area (Å²) in [5.41, 5.74) is 0.730. The number of Topliss-reactive ketones (excluding diaryl/α,β-unsaturated/α-hetero) is 1. The van der Waals surface area contributed by atoms with Crippen molar-refractivity contribution in [1.29, 1.82) is 0 Å². The van der Waals surface area contributed by atoms with E-state index in [0.717, 1.165) is 20.8 Å². The molecule has 2 aromatic rings. The Bertz CT molecular complexity index is 619. The largest absolute Gasteiger partial charge is 0.492 e. The molecule has 1 unspecified atom stereocenters. The Kier molecular flexibility index (Phi) is 2.44. The first-order chi connectivity index (χ1) is 8.16. The number of rotatable bonds is 0. The van der Waals surface area contributed by atoms with Gasteiger partial charge in [0.15, 0.2) is 5.78 Å². The van der Waals surface area contributed by atoms with Crippen molar-refractivity contribution in [1.82, 2.24) is 0 Å². The molecule has 0 radical (unpaired) electrons. The van der Waals surface area contributed by atoms with Crippen molar-refractivity contribution >= 4 is 32.5 Å². The van der Waals surface area contributed by atoms with Gasteiger partial charge < -0.3 is 4.74 Å². The van der Waals surface area contributed by atoms with Gasteiger partial charge in [0.2, 0.25) is 0 Å². The summed E-state index contributed by atoms with van der Waals surface area (Å²) in [4.78, 5) is 12.2. The second-order valence-corrected chi connectivity index (χ2v) is 5.30. The first-order valence-corrected chi connectivity index (χ1v) is 6.35. The predicted octanol–water partition coefficient (Wildman–Crippen LogP) is 3.81. The van der Waals surface area contributed by atoms with Crippen LogP contribution < -0.4 is 4.74 Å². The van der Waals surface area contributed by atoms with E-state index in [2.05, 4.69) is 15.9 Å². The second-order valence-electron chi connectivity index (χ2n) is 4.38. The SMILES string of the molecule is CC1COc2ccc3cc(Br)ccc3c2C1=O. The predicted molar refractivity (Wildman–Crippen MR) is 70.6 cm³/mol. The molecule has 1 aliphatic rings. The quantitative estimate of drug-likeness (QED) is 0.737. The van der Waals surface area contributed by atoms with E-state index < -0.39 is 0 Å². The topological polar surface area (TPSA) is 26.3 Å². The minimum atomic E-state index is -0.0586. The number of halogens is 1. The normalized spacial score (nSPS) is 18.9. The van der Waals surface area contributed by atoms with Crippen LogP contribution in [0.5, 0.6) is 5.75 Å². The van der Waals surface area contributed by atoms with Crippen LogP contribution in [0.15, 0.2) is 34.8 Å². The van der Waals surface area contributed by atoms with Gasteiger partial charge in [0, 0.05) is 4.47 Å². The lowest BCUT2D eigenvalue weighted by Gasteiger charge is -2.22. The standard InChI is InChI=1S/C14H11BrO2/c1-8-7-17-12-5-2-9-6-10(15)3-4-11(9)13(12)14(8)16/h2-6,8H,7H2,1H3. The van der Waals surface area contributed by atoms with E-state index in [4.69, 9.17) is 4.74 Å². The van der Waals surface area contributed by atoms with Crippen molar-refractivity contribution < 1.29 is 9.53 Å². The summed E-state index contributed by atoms with van der Waals surface area (Å²) in [5.74, 6) is 0.832. The van der Waals surface area contributed by atoms with Gasteiger partial charge in [-0.25, -0.2) is 0 Å². The smallest absolute Gasteiger partial charge is 0.173 e. The Balaban J connectivity index is 2.34. The highest BCUT2D eigenvalue weighted by molar-refractivity contribution is 9.10. The molecule has 0 aliphatic carbocycles. The maximum absolute atomic E-state index is 12.2. The Hall–Kier alpha value is -1.35. The van der Waals surface area contributed by atoms with Crippen molar-refractivity contribution in [2.75, 3.05) is 6.61 Å². The fourth-order valence-electron chi connectivity index (χ4n) is 2.19. The molecule has 1 heterocycles. The zero-order chi connectivity index (χ0) is 12.0. The number of fused-ring (bicyclic) bond motifs is 3. The number of ether oxygens (including phenoxy) is 1. The van der Waals surface area contributed by atoms with Crippen molar-refractivity contribution in [3.8, 4) is 5.75 Å². The van der Waals surface area contributed by atoms with E-state index in [9.17, 15) is 4.79 Å². The van der Waals surface area contributed by atoms with Crippen LogP contribution in [-0.2, 0) is 0 Å². The zero-order valence-electron chi connectivity index (χ0n) is 9.37. The first-order valence-electron chi connectivity index (χ1n) is 5.56. The van der Waals surface area contributed by atoms with Gasteiger partial charge in [-0.05, 0) is 29.0 Å². The molecule has 86 valence electrons. The number of benzene rings is 2. The Morgan fingerprint density at radius 3 is 2.94 bits per heavy atom. The molecule has 1 atom stereocenters. The lowest BCUT2D eigenvalue weighted by molar-refractivity contribution is 0.0851. The molecule has 0 aromatic heterocycles. The molecule has 0 amide bonds. The van der Waals surface area contributed by atoms with Gasteiger partial charge in [0.05, 0.1) is 18.1 Å². The van der Waals surface area contributed by atoms with Gasteiger partial charge in [-0.15, -0.1) is 0 Å². The van der Waals surface area contributed by atoms with Gasteiger partial charge in [-0.3, -0.25) is 4.79 Å². The Morgan fingerprint density at radius 2 is 2.12 bits per heavy atom. The van der Waals surface area contributed by atoms with E-state index in [0.29, 0.717) is 12.4 Å². The van der Waals surface area contributed by atoms with Crippen LogP contribution in [0.4, 0.5) is 0 Å². The summed E-state index contributed by atoms with van der Waals surface area (Å²) in [6.07, 6.45) is 0. The maximum Gasteiger partial charge on any atom is 0.173 e. The number of carbonyl (C=O) groups excluding carboxylic acids is 1. The summed E-state index contributed by atoms with van der Waals surface area (Å²) in [6, 6.07) is 9.81. The molecule has 3 heteroatoms. The summed E-state index contributed by atoms with van der Waals surface area (Å²) in [7, 11) is 0. The fourth-order valence-corrected chi connectivity index (χ4v) is 2.57. The van der Waals surface area contributed by atoms with E-state index in [-0.39, 0.29) is 11.7 Å². The van der Waals surface area contributed by atoms with Crippen LogP contribution in [0.2, 0.25) is 0 Å². The number of ketones is 1. The van der Waals surface area contributed by atoms with Crippen molar-refractivity contribution in [3.05, 3.63) is 40.4 Å². The van der Waals surface area contributed by atoms with Crippen LogP contribution in [0.3, 0.4) is 0 Å². The summed E-state index contributed by atoms with van der Waals surface area (Å²) in [5, 5.41) is 2.03. The Labute approximate surface area is 108 Å².